The van der Waals surface area contributed by atoms with E-state index < -0.39 is 15.9 Å². The Morgan fingerprint density at radius 2 is 1.69 bits per heavy atom. The van der Waals surface area contributed by atoms with E-state index in [1.807, 2.05) is 0 Å². The number of anilines is 2. The summed E-state index contributed by atoms with van der Waals surface area (Å²) in [7, 11) is -3.89. The number of hydrogen-bond acceptors (Lipinski definition) is 6. The number of hydrogen-bond donors (Lipinski definition) is 2. The molecule has 3 rings (SSSR count). The zero-order valence-electron chi connectivity index (χ0n) is 12.8. The maximum absolute atomic E-state index is 12.4. The maximum Gasteiger partial charge on any atom is 0.291 e. The Labute approximate surface area is 172 Å². The average molecular weight is 521 g/mol. The smallest absolute Gasteiger partial charge is 0.291 e. The van der Waals surface area contributed by atoms with Gasteiger partial charge in [-0.15, -0.1) is 10.2 Å². The van der Waals surface area contributed by atoms with Gasteiger partial charge < -0.3 is 0 Å². The Kier molecular flexibility index (Phi) is 5.75. The van der Waals surface area contributed by atoms with E-state index in [2.05, 4.69) is 42.8 Å². The van der Waals surface area contributed by atoms with Gasteiger partial charge in [0.25, 0.3) is 20.3 Å². The lowest BCUT2D eigenvalue weighted by molar-refractivity contribution is 0.102. The summed E-state index contributed by atoms with van der Waals surface area (Å²) in [5, 5.41) is 10.4. The number of nitrogens with one attached hydrogen (secondary N) is 2. The molecule has 0 aliphatic heterocycles. The molecule has 0 fully saturated rings. The molecular formula is C15H10ClIN4O3S2. The molecule has 2 N–H and O–H groups in total. The van der Waals surface area contributed by atoms with Crippen molar-refractivity contribution >= 4 is 72.3 Å². The molecule has 2 aromatic carbocycles. The fourth-order valence-corrected chi connectivity index (χ4v) is 4.30. The number of amides is 1. The first-order valence-corrected chi connectivity index (χ1v) is 10.8. The third-order valence-corrected chi connectivity index (χ3v) is 6.62. The summed E-state index contributed by atoms with van der Waals surface area (Å²) in [5.74, 6) is -0.438. The lowest BCUT2D eigenvalue weighted by Gasteiger charge is -2.04. The van der Waals surface area contributed by atoms with Crippen molar-refractivity contribution in [2.75, 3.05) is 10.0 Å². The van der Waals surface area contributed by atoms with E-state index in [4.69, 9.17) is 11.6 Å². The summed E-state index contributed by atoms with van der Waals surface area (Å²) in [5.41, 5.74) is 0.776. The van der Waals surface area contributed by atoms with E-state index in [-0.39, 0.29) is 9.47 Å². The van der Waals surface area contributed by atoms with Gasteiger partial charge in [0.15, 0.2) is 0 Å². The molecule has 0 saturated heterocycles. The van der Waals surface area contributed by atoms with Crippen LogP contribution in [0, 0.1) is 3.57 Å². The van der Waals surface area contributed by atoms with Gasteiger partial charge in [0.1, 0.15) is 0 Å². The van der Waals surface area contributed by atoms with E-state index in [0.29, 0.717) is 16.3 Å². The Balaban J connectivity index is 1.73. The van der Waals surface area contributed by atoms with Gasteiger partial charge >= 0.3 is 0 Å². The Hall–Kier alpha value is -1.76. The molecule has 11 heteroatoms. The second-order valence-electron chi connectivity index (χ2n) is 4.95. The largest absolute Gasteiger partial charge is 0.296 e. The normalized spacial score (nSPS) is 11.2. The minimum absolute atomic E-state index is 0.0768. The van der Waals surface area contributed by atoms with Crippen LogP contribution in [0.4, 0.5) is 10.8 Å². The van der Waals surface area contributed by atoms with Gasteiger partial charge in [-0.3, -0.25) is 14.8 Å². The number of sulfonamides is 1. The predicted molar refractivity (Wildman–Crippen MR) is 109 cm³/mol. The van der Waals surface area contributed by atoms with Crippen LogP contribution < -0.4 is 10.0 Å². The first-order chi connectivity index (χ1) is 12.3. The van der Waals surface area contributed by atoms with E-state index in [1.165, 1.54) is 0 Å². The summed E-state index contributed by atoms with van der Waals surface area (Å²) >= 11 is 8.66. The zero-order chi connectivity index (χ0) is 18.7. The average Bonchev–Trinajstić information content (AvgIpc) is 3.07. The monoisotopic (exact) mass is 520 g/mol. The molecule has 1 aromatic heterocycles. The number of carbonyl (C=O) groups excluding carboxylic acids is 1. The fraction of sp³-hybridized carbons (Fsp3) is 0. The molecular weight excluding hydrogens is 511 g/mol. The third kappa shape index (κ3) is 4.69. The van der Waals surface area contributed by atoms with Crippen molar-refractivity contribution in [3.05, 3.63) is 62.7 Å². The fourth-order valence-electron chi connectivity index (χ4n) is 1.86. The lowest BCUT2D eigenvalue weighted by atomic mass is 10.2. The van der Waals surface area contributed by atoms with Crippen molar-refractivity contribution in [3.63, 3.8) is 0 Å². The highest BCUT2D eigenvalue weighted by molar-refractivity contribution is 14.1. The Bertz CT molecular complexity index is 1040. The van der Waals surface area contributed by atoms with Crippen LogP contribution in [0.1, 0.15) is 10.4 Å². The summed E-state index contributed by atoms with van der Waals surface area (Å²) in [6, 6.07) is 13.1. The van der Waals surface area contributed by atoms with Crippen molar-refractivity contribution in [2.24, 2.45) is 0 Å². The quantitative estimate of drug-likeness (QED) is 0.393. The van der Waals surface area contributed by atoms with Crippen molar-refractivity contribution in [1.29, 1.82) is 0 Å². The molecule has 3 aromatic rings. The molecule has 0 radical (unpaired) electrons. The number of rotatable bonds is 5. The van der Waals surface area contributed by atoms with Crippen LogP contribution in [-0.4, -0.2) is 24.5 Å². The van der Waals surface area contributed by atoms with E-state index in [0.717, 1.165) is 14.9 Å². The zero-order valence-corrected chi connectivity index (χ0v) is 17.4. The number of nitrogens with zero attached hydrogens (tertiary/aromatic N) is 2. The standard InChI is InChI=1S/C15H10ClIN4O3S2/c16-10-3-1-9(2-4-10)13(22)18-14-19-20-15(25-14)26(23,24)21-12-7-5-11(17)6-8-12/h1-8,21H,(H,18,19,22). The second kappa shape index (κ2) is 7.86. The second-order valence-corrected chi connectivity index (χ2v) is 9.46. The summed E-state index contributed by atoms with van der Waals surface area (Å²) in [6.45, 7) is 0. The lowest BCUT2D eigenvalue weighted by Crippen LogP contribution is -2.12. The summed E-state index contributed by atoms with van der Waals surface area (Å²) in [6.07, 6.45) is 0. The number of benzene rings is 2. The van der Waals surface area contributed by atoms with Crippen molar-refractivity contribution < 1.29 is 13.2 Å². The maximum atomic E-state index is 12.4. The molecule has 1 heterocycles. The number of carbonyl (C=O) groups is 1. The van der Waals surface area contributed by atoms with Gasteiger partial charge in [-0.05, 0) is 71.1 Å². The van der Waals surface area contributed by atoms with Crippen LogP contribution in [0.25, 0.3) is 0 Å². The topological polar surface area (TPSA) is 101 Å². The Morgan fingerprint density at radius 3 is 2.35 bits per heavy atom. The molecule has 0 aliphatic carbocycles. The van der Waals surface area contributed by atoms with Crippen molar-refractivity contribution in [2.45, 2.75) is 4.34 Å². The van der Waals surface area contributed by atoms with Crippen LogP contribution in [-0.2, 0) is 10.0 Å². The van der Waals surface area contributed by atoms with E-state index >= 15 is 0 Å². The highest BCUT2D eigenvalue weighted by atomic mass is 127. The van der Waals surface area contributed by atoms with Gasteiger partial charge in [0.05, 0.1) is 0 Å². The Morgan fingerprint density at radius 1 is 1.04 bits per heavy atom. The van der Waals surface area contributed by atoms with Crippen LogP contribution in [0.15, 0.2) is 52.9 Å². The highest BCUT2D eigenvalue weighted by Crippen LogP contribution is 2.23. The van der Waals surface area contributed by atoms with Crippen LogP contribution >= 0.6 is 45.5 Å². The highest BCUT2D eigenvalue weighted by Gasteiger charge is 2.21. The number of halogens is 2. The number of aromatic nitrogens is 2. The molecule has 7 nitrogen and oxygen atoms in total. The SMILES string of the molecule is O=C(Nc1nnc(S(=O)(=O)Nc2ccc(I)cc2)s1)c1ccc(Cl)cc1. The molecule has 0 unspecified atom stereocenters. The summed E-state index contributed by atoms with van der Waals surface area (Å²) in [4.78, 5) is 12.1. The minimum Gasteiger partial charge on any atom is -0.296 e. The van der Waals surface area contributed by atoms with Gasteiger partial charge in [-0.25, -0.2) is 0 Å². The van der Waals surface area contributed by atoms with Gasteiger partial charge in [-0.1, -0.05) is 22.9 Å². The third-order valence-electron chi connectivity index (χ3n) is 3.06. The van der Waals surface area contributed by atoms with Gasteiger partial charge in [-0.2, -0.15) is 8.42 Å². The van der Waals surface area contributed by atoms with Crippen molar-refractivity contribution in [1.82, 2.24) is 10.2 Å². The van der Waals surface area contributed by atoms with Crippen molar-refractivity contribution in [3.8, 4) is 0 Å². The van der Waals surface area contributed by atoms with Crippen LogP contribution in [0.3, 0.4) is 0 Å². The molecule has 1 amide bonds. The predicted octanol–water partition coefficient (Wildman–Crippen LogP) is 3.85. The van der Waals surface area contributed by atoms with E-state index in [9.17, 15) is 13.2 Å². The minimum atomic E-state index is -3.89. The van der Waals surface area contributed by atoms with Crippen LogP contribution in [0.2, 0.25) is 5.02 Å². The molecule has 0 bridgehead atoms. The van der Waals surface area contributed by atoms with E-state index in [1.54, 1.807) is 48.5 Å². The summed E-state index contributed by atoms with van der Waals surface area (Å²) < 4.78 is 27.9. The molecule has 0 atom stereocenters. The van der Waals surface area contributed by atoms with Gasteiger partial charge in [0, 0.05) is 19.8 Å². The molecule has 26 heavy (non-hydrogen) atoms. The molecule has 134 valence electrons. The molecule has 0 saturated carbocycles. The first-order valence-electron chi connectivity index (χ1n) is 7.02. The first kappa shape index (κ1) is 19.0. The van der Waals surface area contributed by atoms with Crippen LogP contribution in [0.5, 0.6) is 0 Å². The molecule has 0 spiro atoms. The van der Waals surface area contributed by atoms with Gasteiger partial charge in [0.2, 0.25) is 5.13 Å². The molecule has 0 aliphatic rings.